The highest BCUT2D eigenvalue weighted by Gasteiger charge is 2.50. The van der Waals surface area contributed by atoms with Crippen LogP contribution in [0, 0.1) is 6.92 Å². The van der Waals surface area contributed by atoms with Crippen LogP contribution >= 0.6 is 0 Å². The molecule has 1 heterocycles. The van der Waals surface area contributed by atoms with E-state index in [1.165, 1.54) is 5.56 Å². The number of amides is 2. The number of nitrogens with zero attached hydrogens (tertiary/aromatic N) is 1. The van der Waals surface area contributed by atoms with E-state index in [-0.39, 0.29) is 17.5 Å². The third-order valence-corrected chi connectivity index (χ3v) is 7.75. The normalized spacial score (nSPS) is 22.3. The Labute approximate surface area is 231 Å². The first-order chi connectivity index (χ1) is 18.8. The summed E-state index contributed by atoms with van der Waals surface area (Å²) in [6.07, 6.45) is -1.11. The average Bonchev–Trinajstić information content (AvgIpc) is 3.26. The van der Waals surface area contributed by atoms with Gasteiger partial charge in [0.25, 0.3) is 0 Å². The van der Waals surface area contributed by atoms with Gasteiger partial charge in [0.15, 0.2) is 11.5 Å². The van der Waals surface area contributed by atoms with Gasteiger partial charge in [0.1, 0.15) is 5.75 Å². The van der Waals surface area contributed by atoms with E-state index in [0.29, 0.717) is 6.04 Å². The number of halogens is 3. The van der Waals surface area contributed by atoms with Gasteiger partial charge in [-0.05, 0) is 87.7 Å². The Bertz CT molecular complexity index is 1210. The van der Waals surface area contributed by atoms with Crippen LogP contribution in [0.1, 0.15) is 36.8 Å². The maximum absolute atomic E-state index is 12.8. The number of likely N-dealkylation sites (N-methyl/N-ethyl adjacent to an activating group) is 1. The standard InChI is InChI=1S/C26H35N3O4.C2HF3O2/c1-17-14-20(31-3)7-8-21(17)28-25(30)27-19-10-11-26(12-13-29(2)24(26)16-19)18-6-9-22(32-4)23(15-18)33-5;3-2(4,5)1(6)7/h6-9,14-15,19,24H,10-13,16H2,1-5H3,(H2,27,28,30);(H,6,7). The molecule has 4 rings (SSSR count). The van der Waals surface area contributed by atoms with Crippen molar-refractivity contribution in [1.82, 2.24) is 10.2 Å². The summed E-state index contributed by atoms with van der Waals surface area (Å²) in [6.45, 7) is 3.01. The van der Waals surface area contributed by atoms with Crippen molar-refractivity contribution in [2.45, 2.75) is 56.3 Å². The van der Waals surface area contributed by atoms with Crippen LogP contribution in [0.4, 0.5) is 23.7 Å². The fourth-order valence-corrected chi connectivity index (χ4v) is 5.64. The van der Waals surface area contributed by atoms with Crippen LogP contribution in [-0.4, -0.2) is 75.2 Å². The van der Waals surface area contributed by atoms with E-state index < -0.39 is 12.1 Å². The van der Waals surface area contributed by atoms with Gasteiger partial charge in [-0.2, -0.15) is 13.2 Å². The van der Waals surface area contributed by atoms with Gasteiger partial charge >= 0.3 is 18.2 Å². The van der Waals surface area contributed by atoms with E-state index in [1.54, 1.807) is 21.3 Å². The van der Waals surface area contributed by atoms with E-state index in [9.17, 15) is 18.0 Å². The number of aliphatic carboxylic acids is 1. The number of carboxylic acid groups (broad SMARTS) is 1. The molecule has 2 aromatic rings. The third-order valence-electron chi connectivity index (χ3n) is 7.75. The highest BCUT2D eigenvalue weighted by Crippen LogP contribution is 2.49. The maximum Gasteiger partial charge on any atom is 0.490 e. The summed E-state index contributed by atoms with van der Waals surface area (Å²) < 4.78 is 48.0. The lowest BCUT2D eigenvalue weighted by molar-refractivity contribution is -0.192. The molecule has 40 heavy (non-hydrogen) atoms. The Morgan fingerprint density at radius 3 is 2.27 bits per heavy atom. The number of hydrogen-bond donors (Lipinski definition) is 3. The smallest absolute Gasteiger partial charge is 0.490 e. The van der Waals surface area contributed by atoms with E-state index in [4.69, 9.17) is 24.1 Å². The molecule has 12 heteroatoms. The summed E-state index contributed by atoms with van der Waals surface area (Å²) in [5.74, 6) is -0.456. The summed E-state index contributed by atoms with van der Waals surface area (Å²) in [7, 11) is 7.18. The molecule has 1 aliphatic carbocycles. The number of anilines is 1. The van der Waals surface area contributed by atoms with E-state index in [2.05, 4.69) is 34.7 Å². The number of aryl methyl sites for hydroxylation is 1. The molecule has 2 amide bonds. The van der Waals surface area contributed by atoms with Crippen LogP contribution in [0.25, 0.3) is 0 Å². The van der Waals surface area contributed by atoms with E-state index in [1.807, 2.05) is 31.2 Å². The number of urea groups is 1. The highest BCUT2D eigenvalue weighted by molar-refractivity contribution is 5.90. The summed E-state index contributed by atoms with van der Waals surface area (Å²) >= 11 is 0. The van der Waals surface area contributed by atoms with Crippen LogP contribution in [0.3, 0.4) is 0 Å². The van der Waals surface area contributed by atoms with Crippen LogP contribution < -0.4 is 24.8 Å². The number of hydrogen-bond acceptors (Lipinski definition) is 6. The maximum atomic E-state index is 12.8. The monoisotopic (exact) mass is 567 g/mol. The Kier molecular flexibility index (Phi) is 9.78. The molecule has 3 atom stereocenters. The molecule has 3 N–H and O–H groups in total. The number of likely N-dealkylation sites (tertiary alicyclic amines) is 1. The second-order valence-electron chi connectivity index (χ2n) is 10.0. The fraction of sp³-hybridized carbons (Fsp3) is 0.500. The molecular weight excluding hydrogens is 531 g/mol. The summed E-state index contributed by atoms with van der Waals surface area (Å²) in [5, 5.41) is 13.3. The van der Waals surface area contributed by atoms with Gasteiger partial charge in [-0.15, -0.1) is 0 Å². The van der Waals surface area contributed by atoms with Crippen LogP contribution in [-0.2, 0) is 10.2 Å². The van der Waals surface area contributed by atoms with E-state index >= 15 is 0 Å². The first-order valence-corrected chi connectivity index (χ1v) is 12.8. The lowest BCUT2D eigenvalue weighted by atomic mass is 9.65. The number of carboxylic acids is 1. The molecule has 0 radical (unpaired) electrons. The number of rotatable bonds is 6. The lowest BCUT2D eigenvalue weighted by Crippen LogP contribution is -2.52. The minimum absolute atomic E-state index is 0.0650. The average molecular weight is 568 g/mol. The van der Waals surface area contributed by atoms with Crippen LogP contribution in [0.5, 0.6) is 17.2 Å². The molecule has 0 spiro atoms. The number of fused-ring (bicyclic) bond motifs is 1. The Hall–Kier alpha value is -3.67. The molecule has 220 valence electrons. The zero-order valence-corrected chi connectivity index (χ0v) is 23.2. The first kappa shape index (κ1) is 30.9. The molecule has 2 aromatic carbocycles. The van der Waals surface area contributed by atoms with Gasteiger partial charge in [-0.3, -0.25) is 0 Å². The zero-order chi connectivity index (χ0) is 29.7. The van der Waals surface area contributed by atoms with Gasteiger partial charge in [-0.1, -0.05) is 6.07 Å². The van der Waals surface area contributed by atoms with Crippen molar-refractivity contribution in [3.8, 4) is 17.2 Å². The predicted octanol–water partition coefficient (Wildman–Crippen LogP) is 4.97. The number of alkyl halides is 3. The first-order valence-electron chi connectivity index (χ1n) is 12.8. The van der Waals surface area contributed by atoms with Crippen molar-refractivity contribution in [2.24, 2.45) is 0 Å². The molecule has 0 bridgehead atoms. The van der Waals surface area contributed by atoms with Crippen molar-refractivity contribution in [1.29, 1.82) is 0 Å². The Morgan fingerprint density at radius 2 is 1.70 bits per heavy atom. The molecule has 0 aromatic heterocycles. The molecular formula is C28H36F3N3O6. The highest BCUT2D eigenvalue weighted by atomic mass is 19.4. The Morgan fingerprint density at radius 1 is 1.02 bits per heavy atom. The van der Waals surface area contributed by atoms with Crippen molar-refractivity contribution >= 4 is 17.7 Å². The molecule has 1 saturated carbocycles. The Balaban J connectivity index is 0.000000559. The number of methoxy groups -OCH3 is 3. The second kappa shape index (κ2) is 12.7. The minimum atomic E-state index is -5.08. The van der Waals surface area contributed by atoms with Gasteiger partial charge in [0.2, 0.25) is 0 Å². The van der Waals surface area contributed by atoms with Crippen LogP contribution in [0.2, 0.25) is 0 Å². The van der Waals surface area contributed by atoms with Crippen molar-refractivity contribution < 1.29 is 42.1 Å². The van der Waals surface area contributed by atoms with Gasteiger partial charge in [0, 0.05) is 23.2 Å². The summed E-state index contributed by atoms with van der Waals surface area (Å²) in [5.41, 5.74) is 3.12. The van der Waals surface area contributed by atoms with Gasteiger partial charge < -0.3 is 34.9 Å². The number of nitrogens with one attached hydrogen (secondary N) is 2. The number of benzene rings is 2. The van der Waals surface area contributed by atoms with Crippen molar-refractivity contribution in [3.05, 3.63) is 47.5 Å². The minimum Gasteiger partial charge on any atom is -0.497 e. The van der Waals surface area contributed by atoms with Crippen molar-refractivity contribution in [3.63, 3.8) is 0 Å². The SMILES string of the molecule is COc1ccc(NC(=O)NC2CCC3(c4ccc(OC)c(OC)c4)CCN(C)C3C2)c(C)c1.O=C(O)C(F)(F)F. The second-order valence-corrected chi connectivity index (χ2v) is 10.0. The quantitative estimate of drug-likeness (QED) is 0.452. The number of carbonyl (C=O) groups is 2. The molecule has 9 nitrogen and oxygen atoms in total. The van der Waals surface area contributed by atoms with Crippen LogP contribution in [0.15, 0.2) is 36.4 Å². The van der Waals surface area contributed by atoms with E-state index in [0.717, 1.165) is 60.7 Å². The zero-order valence-electron chi connectivity index (χ0n) is 23.2. The van der Waals surface area contributed by atoms with Gasteiger partial charge in [0.05, 0.1) is 21.3 Å². The summed E-state index contributed by atoms with van der Waals surface area (Å²) in [6, 6.07) is 12.3. The van der Waals surface area contributed by atoms with Crippen molar-refractivity contribution in [2.75, 3.05) is 40.2 Å². The third kappa shape index (κ3) is 6.90. The fourth-order valence-electron chi connectivity index (χ4n) is 5.64. The molecule has 1 aliphatic heterocycles. The molecule has 2 fully saturated rings. The summed E-state index contributed by atoms with van der Waals surface area (Å²) in [4.78, 5) is 24.1. The number of carbonyl (C=O) groups excluding carboxylic acids is 1. The predicted molar refractivity (Wildman–Crippen MR) is 143 cm³/mol. The molecule has 2 aliphatic rings. The molecule has 1 saturated heterocycles. The number of ether oxygens (including phenoxy) is 3. The topological polar surface area (TPSA) is 109 Å². The molecule has 3 unspecified atom stereocenters. The lowest BCUT2D eigenvalue weighted by Gasteiger charge is -2.45. The van der Waals surface area contributed by atoms with Gasteiger partial charge in [-0.25, -0.2) is 9.59 Å². The largest absolute Gasteiger partial charge is 0.497 e.